The Kier molecular flexibility index (Phi) is 7.59. The molecule has 4 aromatic rings. The molecule has 2 heterocycles. The fourth-order valence-electron chi connectivity index (χ4n) is 3.65. The molecule has 0 amide bonds. The highest BCUT2D eigenvalue weighted by molar-refractivity contribution is 7.85. The predicted molar refractivity (Wildman–Crippen MR) is 138 cm³/mol. The topological polar surface area (TPSA) is 80.1 Å². The van der Waals surface area contributed by atoms with Crippen LogP contribution >= 0.6 is 0 Å². The van der Waals surface area contributed by atoms with Crippen molar-refractivity contribution in [2.75, 3.05) is 19.0 Å². The molecule has 0 unspecified atom stereocenters. The molecule has 34 heavy (non-hydrogen) atoms. The summed E-state index contributed by atoms with van der Waals surface area (Å²) < 4.78 is 33.4. The standard InChI is InChI=1S/C20H23N3.C7H8O3S/c1-14-12-16(15(2)21-14)6-8-18-9-7-17-13-19(22(3)4)10-11-20(17)23(18)5;1-6-2-4-7(5-3-6)11(8,9)10/h6-13H,1-5H3;2-5H,1H3,(H,8,9,10). The van der Waals surface area contributed by atoms with E-state index in [9.17, 15) is 13.0 Å². The zero-order chi connectivity index (χ0) is 25.0. The van der Waals surface area contributed by atoms with Gasteiger partial charge in [-0.25, -0.2) is 8.42 Å². The molecule has 0 radical (unpaired) electrons. The van der Waals surface area contributed by atoms with Crippen molar-refractivity contribution in [1.29, 1.82) is 0 Å². The number of aromatic amines is 1. The summed E-state index contributed by atoms with van der Waals surface area (Å²) in [5.41, 5.74) is 8.22. The molecule has 0 spiro atoms. The molecule has 0 saturated carbocycles. The first-order valence-electron chi connectivity index (χ1n) is 10.9. The lowest BCUT2D eigenvalue weighted by Crippen LogP contribution is -2.32. The van der Waals surface area contributed by atoms with Gasteiger partial charge in [0.15, 0.2) is 0 Å². The summed E-state index contributed by atoms with van der Waals surface area (Å²) in [7, 11) is 1.99. The highest BCUT2D eigenvalue weighted by atomic mass is 32.2. The van der Waals surface area contributed by atoms with Gasteiger partial charge in [0.2, 0.25) is 11.2 Å². The Morgan fingerprint density at radius 3 is 2.15 bits per heavy atom. The maximum Gasteiger partial charge on any atom is 0.212 e. The molecule has 0 atom stereocenters. The number of fused-ring (bicyclic) bond motifs is 1. The van der Waals surface area contributed by atoms with E-state index in [1.54, 1.807) is 12.1 Å². The number of hydrogen-bond acceptors (Lipinski definition) is 4. The largest absolute Gasteiger partial charge is 0.744 e. The fraction of sp³-hybridized carbons (Fsp3) is 0.222. The summed E-state index contributed by atoms with van der Waals surface area (Å²) in [6.45, 7) is 6.01. The summed E-state index contributed by atoms with van der Waals surface area (Å²) in [6, 6.07) is 18.9. The lowest BCUT2D eigenvalue weighted by molar-refractivity contribution is -0.646. The van der Waals surface area contributed by atoms with E-state index < -0.39 is 10.1 Å². The van der Waals surface area contributed by atoms with E-state index in [2.05, 4.69) is 98.0 Å². The highest BCUT2D eigenvalue weighted by Crippen LogP contribution is 2.20. The number of H-pyrrole nitrogens is 1. The number of aryl methyl sites for hydroxylation is 4. The third-order valence-electron chi connectivity index (χ3n) is 5.64. The first-order valence-corrected chi connectivity index (χ1v) is 12.3. The van der Waals surface area contributed by atoms with Gasteiger partial charge in [0.05, 0.1) is 4.90 Å². The van der Waals surface area contributed by atoms with Crippen LogP contribution in [0.25, 0.3) is 23.1 Å². The van der Waals surface area contributed by atoms with Crippen LogP contribution in [0.15, 0.2) is 65.6 Å². The van der Waals surface area contributed by atoms with Crippen LogP contribution in [0.3, 0.4) is 0 Å². The monoisotopic (exact) mass is 477 g/mol. The quantitative estimate of drug-likeness (QED) is 0.340. The van der Waals surface area contributed by atoms with Gasteiger partial charge in [-0.05, 0) is 68.8 Å². The van der Waals surface area contributed by atoms with E-state index in [1.807, 2.05) is 6.92 Å². The van der Waals surface area contributed by atoms with Gasteiger partial charge in [0, 0.05) is 54.8 Å². The predicted octanol–water partition coefficient (Wildman–Crippen LogP) is 4.74. The van der Waals surface area contributed by atoms with E-state index in [0.717, 1.165) is 5.56 Å². The van der Waals surface area contributed by atoms with Crippen molar-refractivity contribution in [2.24, 2.45) is 7.05 Å². The number of anilines is 1. The molecular weight excluding hydrogens is 446 g/mol. The van der Waals surface area contributed by atoms with E-state index in [4.69, 9.17) is 0 Å². The van der Waals surface area contributed by atoms with Gasteiger partial charge in [0.1, 0.15) is 17.2 Å². The Balaban J connectivity index is 0.000000248. The van der Waals surface area contributed by atoms with Crippen LogP contribution in [0, 0.1) is 20.8 Å². The van der Waals surface area contributed by atoms with Crippen molar-refractivity contribution in [1.82, 2.24) is 4.98 Å². The molecule has 0 saturated heterocycles. The molecular formula is C27H31N3O3S. The molecule has 178 valence electrons. The number of nitrogens with one attached hydrogen (secondary N) is 1. The maximum absolute atomic E-state index is 10.4. The second kappa shape index (κ2) is 10.2. The van der Waals surface area contributed by atoms with Crippen molar-refractivity contribution in [3.8, 4) is 0 Å². The molecule has 0 aliphatic carbocycles. The second-order valence-electron chi connectivity index (χ2n) is 8.59. The van der Waals surface area contributed by atoms with Crippen molar-refractivity contribution < 1.29 is 17.5 Å². The molecule has 0 bridgehead atoms. The minimum atomic E-state index is -4.27. The number of hydrogen-bond donors (Lipinski definition) is 1. The fourth-order valence-corrected chi connectivity index (χ4v) is 4.12. The molecule has 4 rings (SSSR count). The van der Waals surface area contributed by atoms with Gasteiger partial charge < -0.3 is 14.4 Å². The molecule has 0 fully saturated rings. The van der Waals surface area contributed by atoms with E-state index in [0.29, 0.717) is 0 Å². The van der Waals surface area contributed by atoms with Gasteiger partial charge in [-0.15, -0.1) is 0 Å². The van der Waals surface area contributed by atoms with Gasteiger partial charge in [-0.2, -0.15) is 4.57 Å². The number of nitrogens with zero attached hydrogens (tertiary/aromatic N) is 2. The average Bonchev–Trinajstić information content (AvgIpc) is 3.10. The first-order chi connectivity index (χ1) is 16.0. The maximum atomic E-state index is 10.4. The molecule has 2 aromatic heterocycles. The number of benzene rings is 2. The lowest BCUT2D eigenvalue weighted by Gasteiger charge is -2.12. The van der Waals surface area contributed by atoms with Crippen molar-refractivity contribution in [3.63, 3.8) is 0 Å². The van der Waals surface area contributed by atoms with Crippen LogP contribution in [0.1, 0.15) is 28.2 Å². The van der Waals surface area contributed by atoms with Gasteiger partial charge in [-0.3, -0.25) is 0 Å². The van der Waals surface area contributed by atoms with Crippen LogP contribution in [0.5, 0.6) is 0 Å². The summed E-state index contributed by atoms with van der Waals surface area (Å²) in [5.74, 6) is 0. The minimum Gasteiger partial charge on any atom is -0.744 e. The number of pyridine rings is 1. The third kappa shape index (κ3) is 6.12. The zero-order valence-corrected chi connectivity index (χ0v) is 21.3. The van der Waals surface area contributed by atoms with Crippen molar-refractivity contribution >= 4 is 38.9 Å². The van der Waals surface area contributed by atoms with Crippen molar-refractivity contribution in [2.45, 2.75) is 25.7 Å². The van der Waals surface area contributed by atoms with Crippen LogP contribution in [0.2, 0.25) is 0 Å². The summed E-state index contributed by atoms with van der Waals surface area (Å²) in [4.78, 5) is 5.29. The van der Waals surface area contributed by atoms with E-state index in [-0.39, 0.29) is 4.90 Å². The van der Waals surface area contributed by atoms with Crippen LogP contribution in [-0.4, -0.2) is 32.0 Å². The van der Waals surface area contributed by atoms with Gasteiger partial charge in [0.25, 0.3) is 0 Å². The summed E-state index contributed by atoms with van der Waals surface area (Å²) in [6.07, 6.45) is 4.35. The second-order valence-corrected chi connectivity index (χ2v) is 9.97. The smallest absolute Gasteiger partial charge is 0.212 e. The molecule has 2 aromatic carbocycles. The Hall–Kier alpha value is -3.42. The molecule has 1 N–H and O–H groups in total. The van der Waals surface area contributed by atoms with Crippen LogP contribution < -0.4 is 9.47 Å². The molecule has 0 aliphatic rings. The molecule has 0 aliphatic heterocycles. The minimum absolute atomic E-state index is 0.178. The molecule has 7 heteroatoms. The van der Waals surface area contributed by atoms with Crippen LogP contribution in [-0.2, 0) is 17.2 Å². The summed E-state index contributed by atoms with van der Waals surface area (Å²) in [5, 5.41) is 1.25. The Bertz CT molecular complexity index is 1430. The van der Waals surface area contributed by atoms with Gasteiger partial charge in [-0.1, -0.05) is 17.7 Å². The normalized spacial score (nSPS) is 11.5. The Morgan fingerprint density at radius 2 is 1.59 bits per heavy atom. The summed E-state index contributed by atoms with van der Waals surface area (Å²) >= 11 is 0. The lowest BCUT2D eigenvalue weighted by atomic mass is 10.1. The van der Waals surface area contributed by atoms with E-state index in [1.165, 1.54) is 51.4 Å². The molecule has 6 nitrogen and oxygen atoms in total. The first kappa shape index (κ1) is 25.2. The Labute approximate surface area is 201 Å². The van der Waals surface area contributed by atoms with Crippen molar-refractivity contribution in [3.05, 3.63) is 88.9 Å². The SMILES string of the molecule is Cc1cc(/C=C/c2ccc3cc(N(C)C)ccc3[n+]2C)c(C)[nH]1.Cc1ccc(S(=O)(=O)[O-])cc1. The zero-order valence-electron chi connectivity index (χ0n) is 20.5. The number of rotatable bonds is 4. The number of aromatic nitrogens is 2. The highest BCUT2D eigenvalue weighted by Gasteiger charge is 2.10. The average molecular weight is 478 g/mol. The van der Waals surface area contributed by atoms with Gasteiger partial charge >= 0.3 is 0 Å². The third-order valence-corrected chi connectivity index (χ3v) is 6.49. The van der Waals surface area contributed by atoms with Crippen LogP contribution in [0.4, 0.5) is 5.69 Å². The Morgan fingerprint density at radius 1 is 0.912 bits per heavy atom. The van der Waals surface area contributed by atoms with E-state index >= 15 is 0 Å².